The highest BCUT2D eigenvalue weighted by Crippen LogP contribution is 2.11. The zero-order chi connectivity index (χ0) is 13.9. The molecule has 1 atom stereocenters. The van der Waals surface area contributed by atoms with Gasteiger partial charge in [-0.1, -0.05) is 0 Å². The Morgan fingerprint density at radius 3 is 2.63 bits per heavy atom. The second-order valence-electron chi connectivity index (χ2n) is 3.99. The molecule has 9 nitrogen and oxygen atoms in total. The summed E-state index contributed by atoms with van der Waals surface area (Å²) >= 11 is 0. The molecule has 1 aliphatic heterocycles. The molecule has 0 bridgehead atoms. The molecule has 104 valence electrons. The van der Waals surface area contributed by atoms with Crippen LogP contribution in [0.25, 0.3) is 0 Å². The van der Waals surface area contributed by atoms with Crippen molar-refractivity contribution >= 4 is 21.9 Å². The van der Waals surface area contributed by atoms with Gasteiger partial charge in [-0.15, -0.1) is 0 Å². The highest BCUT2D eigenvalue weighted by atomic mass is 32.2. The smallest absolute Gasteiger partial charge is 0.244 e. The number of nitrogens with zero attached hydrogens (tertiary/aromatic N) is 2. The van der Waals surface area contributed by atoms with Crippen molar-refractivity contribution in [2.45, 2.75) is 23.8 Å². The fourth-order valence-corrected chi connectivity index (χ4v) is 2.79. The molecule has 5 N–H and O–H groups in total. The largest absolute Gasteiger partial charge is 0.355 e. The predicted octanol–water partition coefficient (Wildman–Crippen LogP) is -1.68. The van der Waals surface area contributed by atoms with Crippen molar-refractivity contribution in [1.29, 1.82) is 0 Å². The molecule has 2 rings (SSSR count). The first-order chi connectivity index (χ1) is 9.03. The number of hydrazine groups is 1. The first-order valence-electron chi connectivity index (χ1n) is 5.61. The zero-order valence-corrected chi connectivity index (χ0v) is 10.8. The minimum Gasteiger partial charge on any atom is -0.355 e. The van der Waals surface area contributed by atoms with Crippen LogP contribution in [0.2, 0.25) is 0 Å². The summed E-state index contributed by atoms with van der Waals surface area (Å²) in [6, 6.07) is -0.758. The third kappa shape index (κ3) is 3.16. The van der Waals surface area contributed by atoms with Crippen LogP contribution in [0, 0.1) is 0 Å². The van der Waals surface area contributed by atoms with Crippen LogP contribution in [0.15, 0.2) is 17.3 Å². The standard InChI is InChI=1S/C9H14N6O3S/c10-14-9-12-4-6(5-13-9)19(17,18)15-7-2-1-3-11-8(7)16/h4-5,7,15H,1-3,10H2,(H,11,16)(H,12,13,14). The SMILES string of the molecule is NNc1ncc(S(=O)(=O)NC2CCCNC2=O)cn1. The molecular formula is C9H14N6O3S. The van der Waals surface area contributed by atoms with Gasteiger partial charge in [0.1, 0.15) is 10.9 Å². The summed E-state index contributed by atoms with van der Waals surface area (Å²) in [5.74, 6) is 4.87. The number of carbonyl (C=O) groups is 1. The van der Waals surface area contributed by atoms with Crippen LogP contribution in [-0.4, -0.2) is 36.9 Å². The van der Waals surface area contributed by atoms with Gasteiger partial charge in [-0.2, -0.15) is 4.72 Å². The average Bonchev–Trinajstić information content (AvgIpc) is 2.41. The Morgan fingerprint density at radius 2 is 2.05 bits per heavy atom. The van der Waals surface area contributed by atoms with Gasteiger partial charge in [-0.05, 0) is 12.8 Å². The minimum atomic E-state index is -3.82. The number of hydrogen-bond acceptors (Lipinski definition) is 7. The summed E-state index contributed by atoms with van der Waals surface area (Å²) in [5, 5.41) is 2.60. The minimum absolute atomic E-state index is 0.106. The van der Waals surface area contributed by atoms with Crippen LogP contribution in [0.3, 0.4) is 0 Å². The first kappa shape index (κ1) is 13.6. The molecule has 0 aliphatic carbocycles. The van der Waals surface area contributed by atoms with Gasteiger partial charge in [0.05, 0.1) is 12.4 Å². The van der Waals surface area contributed by atoms with Crippen molar-refractivity contribution in [2.75, 3.05) is 12.0 Å². The predicted molar refractivity (Wildman–Crippen MR) is 66.2 cm³/mol. The van der Waals surface area contributed by atoms with Crippen LogP contribution < -0.4 is 21.3 Å². The Labute approximate surface area is 110 Å². The fourth-order valence-electron chi connectivity index (χ4n) is 1.67. The fraction of sp³-hybridized carbons (Fsp3) is 0.444. The van der Waals surface area contributed by atoms with E-state index in [9.17, 15) is 13.2 Å². The van der Waals surface area contributed by atoms with Crippen LogP contribution in [0.1, 0.15) is 12.8 Å². The van der Waals surface area contributed by atoms with E-state index in [2.05, 4.69) is 25.4 Å². The van der Waals surface area contributed by atoms with Crippen LogP contribution in [-0.2, 0) is 14.8 Å². The quantitative estimate of drug-likeness (QED) is 0.383. The zero-order valence-electron chi connectivity index (χ0n) is 9.96. The molecule has 2 heterocycles. The van der Waals surface area contributed by atoms with Crippen molar-refractivity contribution in [3.63, 3.8) is 0 Å². The maximum absolute atomic E-state index is 12.0. The number of nitrogen functional groups attached to an aromatic ring is 1. The molecule has 0 spiro atoms. The topological polar surface area (TPSA) is 139 Å². The van der Waals surface area contributed by atoms with E-state index in [-0.39, 0.29) is 16.8 Å². The Kier molecular flexibility index (Phi) is 3.93. The van der Waals surface area contributed by atoms with Crippen molar-refractivity contribution in [3.05, 3.63) is 12.4 Å². The molecule has 1 aromatic heterocycles. The normalized spacial score (nSPS) is 19.8. The Morgan fingerprint density at radius 1 is 1.37 bits per heavy atom. The van der Waals surface area contributed by atoms with Crippen LogP contribution >= 0.6 is 0 Å². The average molecular weight is 286 g/mol. The Hall–Kier alpha value is -1.78. The van der Waals surface area contributed by atoms with Crippen LogP contribution in [0.5, 0.6) is 0 Å². The Balaban J connectivity index is 2.14. The number of nitrogens with one attached hydrogen (secondary N) is 3. The maximum atomic E-state index is 12.0. The van der Waals surface area contributed by atoms with Crippen molar-refractivity contribution in [1.82, 2.24) is 20.0 Å². The highest BCUT2D eigenvalue weighted by Gasteiger charge is 2.27. The third-order valence-corrected chi connectivity index (χ3v) is 4.08. The number of aromatic nitrogens is 2. The number of hydrogen-bond donors (Lipinski definition) is 4. The first-order valence-corrected chi connectivity index (χ1v) is 7.10. The van der Waals surface area contributed by atoms with E-state index < -0.39 is 16.1 Å². The number of amides is 1. The van der Waals surface area contributed by atoms with Gasteiger partial charge >= 0.3 is 0 Å². The van der Waals surface area contributed by atoms with Crippen molar-refractivity contribution in [2.24, 2.45) is 5.84 Å². The lowest BCUT2D eigenvalue weighted by atomic mass is 10.1. The molecule has 19 heavy (non-hydrogen) atoms. The van der Waals surface area contributed by atoms with Gasteiger partial charge in [0, 0.05) is 6.54 Å². The van der Waals surface area contributed by atoms with E-state index in [4.69, 9.17) is 5.84 Å². The highest BCUT2D eigenvalue weighted by molar-refractivity contribution is 7.89. The third-order valence-electron chi connectivity index (χ3n) is 2.65. The number of rotatable bonds is 4. The lowest BCUT2D eigenvalue weighted by Gasteiger charge is -2.22. The number of anilines is 1. The number of carbonyl (C=O) groups excluding carboxylic acids is 1. The summed E-state index contributed by atoms with van der Waals surface area (Å²) in [6.45, 7) is 0.567. The number of nitrogens with two attached hydrogens (primary N) is 1. The van der Waals surface area contributed by atoms with Gasteiger partial charge in [-0.3, -0.25) is 10.2 Å². The molecule has 1 aliphatic rings. The molecule has 0 radical (unpaired) electrons. The lowest BCUT2D eigenvalue weighted by Crippen LogP contribution is -2.50. The summed E-state index contributed by atoms with van der Waals surface area (Å²) in [5.41, 5.74) is 2.19. The van der Waals surface area contributed by atoms with Gasteiger partial charge in [0.25, 0.3) is 0 Å². The van der Waals surface area contributed by atoms with E-state index in [1.54, 1.807) is 0 Å². The van der Waals surface area contributed by atoms with Gasteiger partial charge in [-0.25, -0.2) is 24.2 Å². The van der Waals surface area contributed by atoms with Gasteiger partial charge in [0.2, 0.25) is 21.9 Å². The van der Waals surface area contributed by atoms with Gasteiger partial charge < -0.3 is 5.32 Å². The molecule has 1 unspecified atom stereocenters. The number of sulfonamides is 1. The summed E-state index contributed by atoms with van der Waals surface area (Å²) < 4.78 is 26.4. The second-order valence-corrected chi connectivity index (χ2v) is 5.71. The van der Waals surface area contributed by atoms with Gasteiger partial charge in [0.15, 0.2) is 0 Å². The Bertz CT molecular complexity index is 558. The van der Waals surface area contributed by atoms with Crippen molar-refractivity contribution < 1.29 is 13.2 Å². The molecule has 10 heteroatoms. The van der Waals surface area contributed by atoms with Crippen LogP contribution in [0.4, 0.5) is 5.95 Å². The molecule has 0 aromatic carbocycles. The van der Waals surface area contributed by atoms with E-state index in [1.165, 1.54) is 0 Å². The van der Waals surface area contributed by atoms with E-state index >= 15 is 0 Å². The van der Waals surface area contributed by atoms with E-state index in [1.807, 2.05) is 0 Å². The summed E-state index contributed by atoms with van der Waals surface area (Å²) in [4.78, 5) is 18.8. The summed E-state index contributed by atoms with van der Waals surface area (Å²) in [7, 11) is -3.82. The maximum Gasteiger partial charge on any atom is 0.244 e. The molecule has 1 aromatic rings. The monoisotopic (exact) mass is 286 g/mol. The van der Waals surface area contributed by atoms with Crippen molar-refractivity contribution in [3.8, 4) is 0 Å². The lowest BCUT2D eigenvalue weighted by molar-refractivity contribution is -0.124. The molecular weight excluding hydrogens is 272 g/mol. The summed E-state index contributed by atoms with van der Waals surface area (Å²) in [6.07, 6.45) is 3.43. The van der Waals surface area contributed by atoms with E-state index in [0.29, 0.717) is 13.0 Å². The molecule has 1 fully saturated rings. The second kappa shape index (κ2) is 5.47. The molecule has 1 saturated heterocycles. The molecule has 1 amide bonds. The van der Waals surface area contributed by atoms with E-state index in [0.717, 1.165) is 18.8 Å². The molecule has 0 saturated carbocycles. The number of piperidine rings is 1.